The van der Waals surface area contributed by atoms with E-state index in [9.17, 15) is 24.3 Å². The van der Waals surface area contributed by atoms with Gasteiger partial charge >= 0.3 is 11.9 Å². The number of phenols is 1. The van der Waals surface area contributed by atoms with Crippen molar-refractivity contribution in [3.05, 3.63) is 41.0 Å². The lowest BCUT2D eigenvalue weighted by Crippen LogP contribution is -2.58. The van der Waals surface area contributed by atoms with E-state index in [2.05, 4.69) is 40.7 Å². The Kier molecular flexibility index (Phi) is 12.3. The molecule has 1 N–H and O–H groups in total. The summed E-state index contributed by atoms with van der Waals surface area (Å²) in [6, 6.07) is 5.97. The van der Waals surface area contributed by atoms with Gasteiger partial charge in [-0.2, -0.15) is 0 Å². The summed E-state index contributed by atoms with van der Waals surface area (Å²) in [7, 11) is 0. The van der Waals surface area contributed by atoms with E-state index in [4.69, 9.17) is 9.47 Å². The fourth-order valence-electron chi connectivity index (χ4n) is 14.4. The molecule has 7 heteroatoms. The standard InChI is InChI=1S/C27H40O4.C23H32O3/c1-5-6-7-8-24(30)31-27(18(2)28)16-13-23-21-10-9-19-17-20(29)11-14-25(19,3)22(21)12-15-26(23,27)4;1-3-4-5-22(25)26-21-11-10-20-19-8-6-15-14-16(24)7-9-17(15)18(19)12-13-23(20,21)2/h17,21-23H,5-16H2,1-4H3;7,9,14,18-21,24H,3-6,8,10-13H2,1-2H3. The lowest BCUT2D eigenvalue weighted by Gasteiger charge is -2.59. The molecule has 0 aromatic heterocycles. The maximum atomic E-state index is 13.1. The summed E-state index contributed by atoms with van der Waals surface area (Å²) in [6.45, 7) is 12.9. The van der Waals surface area contributed by atoms with Crippen LogP contribution in [-0.2, 0) is 35.1 Å². The number of hydrogen-bond donors (Lipinski definition) is 1. The minimum absolute atomic E-state index is 0.00492. The Bertz CT molecular complexity index is 1730. The molecule has 5 fully saturated rings. The minimum atomic E-state index is -0.953. The van der Waals surface area contributed by atoms with Gasteiger partial charge in [0.15, 0.2) is 17.2 Å². The summed E-state index contributed by atoms with van der Waals surface area (Å²) < 4.78 is 12.1. The number of phenolic OH excluding ortho intramolecular Hbond substituents is 1. The molecule has 0 bridgehead atoms. The summed E-state index contributed by atoms with van der Waals surface area (Å²) in [5.41, 5.74) is 3.22. The normalized spacial score (nSPS) is 38.7. The summed E-state index contributed by atoms with van der Waals surface area (Å²) in [4.78, 5) is 50.1. The van der Waals surface area contributed by atoms with Crippen molar-refractivity contribution < 1.29 is 33.8 Å². The molecule has 8 rings (SSSR count). The van der Waals surface area contributed by atoms with Crippen LogP contribution in [0.4, 0.5) is 0 Å². The van der Waals surface area contributed by atoms with Gasteiger partial charge in [0.05, 0.1) is 0 Å². The predicted octanol–water partition coefficient (Wildman–Crippen LogP) is 11.3. The zero-order valence-electron chi connectivity index (χ0n) is 36.1. The van der Waals surface area contributed by atoms with Crippen molar-refractivity contribution in [1.29, 1.82) is 0 Å². The number of aromatic hydroxyl groups is 1. The lowest BCUT2D eigenvalue weighted by atomic mass is 9.46. The van der Waals surface area contributed by atoms with Gasteiger partial charge in [0.2, 0.25) is 0 Å². The third-order valence-corrected chi connectivity index (χ3v) is 17.6. The smallest absolute Gasteiger partial charge is 0.306 e. The molecule has 1 aromatic carbocycles. The van der Waals surface area contributed by atoms with Crippen LogP contribution in [0.2, 0.25) is 0 Å². The van der Waals surface area contributed by atoms with E-state index in [1.807, 2.05) is 18.2 Å². The van der Waals surface area contributed by atoms with E-state index in [0.29, 0.717) is 66.9 Å². The van der Waals surface area contributed by atoms with Gasteiger partial charge < -0.3 is 14.6 Å². The SMILES string of the molecule is CCCCC(=O)OC1CCC2C3CCc4cc(O)ccc4C3CCC12C.CCCCCC(=O)OC1(C(C)=O)CCC2C3CCC4=CC(=O)CCC4(C)C3CCC21C. The number of hydrogen-bond acceptors (Lipinski definition) is 7. The van der Waals surface area contributed by atoms with Crippen LogP contribution < -0.4 is 0 Å². The van der Waals surface area contributed by atoms with E-state index >= 15 is 0 Å². The third-order valence-electron chi connectivity index (χ3n) is 17.6. The monoisotopic (exact) mass is 785 g/mol. The summed E-state index contributed by atoms with van der Waals surface area (Å²) in [6.07, 6.45) is 22.1. The molecule has 0 heterocycles. The third kappa shape index (κ3) is 7.47. The number of carbonyl (C=O) groups excluding carboxylic acids is 4. The molecule has 7 aliphatic carbocycles. The molecule has 5 saturated carbocycles. The second kappa shape index (κ2) is 16.6. The Morgan fingerprint density at radius 2 is 1.49 bits per heavy atom. The van der Waals surface area contributed by atoms with Crippen LogP contribution in [0.5, 0.6) is 5.75 Å². The molecule has 0 spiro atoms. The molecule has 314 valence electrons. The number of aryl methyl sites for hydroxylation is 1. The van der Waals surface area contributed by atoms with Crippen molar-refractivity contribution in [3.63, 3.8) is 0 Å². The molecule has 7 nitrogen and oxygen atoms in total. The Morgan fingerprint density at radius 1 is 0.754 bits per heavy atom. The van der Waals surface area contributed by atoms with Crippen molar-refractivity contribution in [1.82, 2.24) is 0 Å². The van der Waals surface area contributed by atoms with Gasteiger partial charge in [0, 0.05) is 30.1 Å². The second-order valence-electron chi connectivity index (χ2n) is 20.3. The number of fused-ring (bicyclic) bond motifs is 10. The van der Waals surface area contributed by atoms with Crippen LogP contribution in [0.15, 0.2) is 29.8 Å². The van der Waals surface area contributed by atoms with Gasteiger partial charge in [-0.3, -0.25) is 19.2 Å². The fourth-order valence-corrected chi connectivity index (χ4v) is 14.4. The molecular weight excluding hydrogens is 713 g/mol. The molecule has 1 aromatic rings. The number of rotatable bonds is 10. The van der Waals surface area contributed by atoms with Gasteiger partial charge in [-0.15, -0.1) is 0 Å². The van der Waals surface area contributed by atoms with E-state index in [1.54, 1.807) is 6.92 Å². The largest absolute Gasteiger partial charge is 0.508 e. The lowest BCUT2D eigenvalue weighted by molar-refractivity contribution is -0.189. The number of carbonyl (C=O) groups is 4. The van der Waals surface area contributed by atoms with Gasteiger partial charge in [-0.25, -0.2) is 0 Å². The summed E-state index contributed by atoms with van der Waals surface area (Å²) >= 11 is 0. The molecule has 0 amide bonds. The van der Waals surface area contributed by atoms with E-state index < -0.39 is 5.60 Å². The Labute approximate surface area is 342 Å². The average Bonchev–Trinajstić information content (AvgIpc) is 3.67. The van der Waals surface area contributed by atoms with Crippen LogP contribution in [0, 0.1) is 45.8 Å². The van der Waals surface area contributed by atoms with Crippen molar-refractivity contribution >= 4 is 23.5 Å². The number of esters is 2. The maximum Gasteiger partial charge on any atom is 0.306 e. The van der Waals surface area contributed by atoms with Crippen LogP contribution >= 0.6 is 0 Å². The van der Waals surface area contributed by atoms with Gasteiger partial charge in [0.25, 0.3) is 0 Å². The first-order valence-corrected chi connectivity index (χ1v) is 23.2. The molecule has 0 saturated heterocycles. The van der Waals surface area contributed by atoms with Gasteiger partial charge in [-0.1, -0.05) is 65.5 Å². The highest BCUT2D eigenvalue weighted by atomic mass is 16.6. The average molecular weight is 785 g/mol. The molecule has 11 unspecified atom stereocenters. The highest BCUT2D eigenvalue weighted by molar-refractivity contribution is 5.92. The van der Waals surface area contributed by atoms with Crippen LogP contribution in [0.3, 0.4) is 0 Å². The molecule has 11 atom stereocenters. The number of unbranched alkanes of at least 4 members (excludes halogenated alkanes) is 3. The molecule has 57 heavy (non-hydrogen) atoms. The molecular formula is C50H72O7. The quantitative estimate of drug-likeness (QED) is 0.186. The molecule has 7 aliphatic rings. The van der Waals surface area contributed by atoms with Crippen LogP contribution in [0.25, 0.3) is 0 Å². The Balaban J connectivity index is 0.000000177. The van der Waals surface area contributed by atoms with E-state index in [0.717, 1.165) is 89.9 Å². The molecule has 0 radical (unpaired) electrons. The highest BCUT2D eigenvalue weighted by Gasteiger charge is 2.68. The summed E-state index contributed by atoms with van der Waals surface area (Å²) in [5, 5.41) is 9.81. The topological polar surface area (TPSA) is 107 Å². The molecule has 0 aliphatic heterocycles. The number of allylic oxidation sites excluding steroid dienone is 1. The van der Waals surface area contributed by atoms with Crippen molar-refractivity contribution in [2.45, 2.75) is 194 Å². The maximum absolute atomic E-state index is 13.1. The highest BCUT2D eigenvalue weighted by Crippen LogP contribution is 2.68. The van der Waals surface area contributed by atoms with Crippen LogP contribution in [-0.4, -0.2) is 40.3 Å². The predicted molar refractivity (Wildman–Crippen MR) is 222 cm³/mol. The van der Waals surface area contributed by atoms with Gasteiger partial charge in [0.1, 0.15) is 11.9 Å². The van der Waals surface area contributed by atoms with Gasteiger partial charge in [-0.05, 0) is 173 Å². The zero-order chi connectivity index (χ0) is 40.8. The summed E-state index contributed by atoms with van der Waals surface area (Å²) in [5.74, 6) is 4.03. The number of benzene rings is 1. The zero-order valence-corrected chi connectivity index (χ0v) is 36.1. The van der Waals surface area contributed by atoms with E-state index in [-0.39, 0.29) is 45.9 Å². The van der Waals surface area contributed by atoms with E-state index in [1.165, 1.54) is 36.0 Å². The van der Waals surface area contributed by atoms with Crippen molar-refractivity contribution in [2.24, 2.45) is 45.8 Å². The Hall–Kier alpha value is -2.96. The Morgan fingerprint density at radius 3 is 2.25 bits per heavy atom. The van der Waals surface area contributed by atoms with Crippen molar-refractivity contribution in [3.8, 4) is 5.75 Å². The van der Waals surface area contributed by atoms with Crippen molar-refractivity contribution in [2.75, 3.05) is 0 Å². The first-order chi connectivity index (χ1) is 27.2. The van der Waals surface area contributed by atoms with Crippen LogP contribution in [0.1, 0.15) is 187 Å². The second-order valence-corrected chi connectivity index (χ2v) is 20.3. The number of ketones is 2. The minimum Gasteiger partial charge on any atom is -0.508 e. The number of ether oxygens (including phenoxy) is 2. The number of Topliss-reactive ketones (excluding diaryl/α,β-unsaturated/α-hetero) is 1. The first kappa shape index (κ1) is 42.2. The fraction of sp³-hybridized carbons (Fsp3) is 0.760. The first-order valence-electron chi connectivity index (χ1n) is 23.2.